The standard InChI is InChI=1S/C6H12S2/c1-5(2)6(8)3-4-7/h5,7H,3-4H2,1-2H3. The quantitative estimate of drug-likeness (QED) is 0.473. The Morgan fingerprint density at radius 1 is 1.62 bits per heavy atom. The average Bonchev–Trinajstić information content (AvgIpc) is 1.67. The van der Waals surface area contributed by atoms with Crippen LogP contribution in [0.15, 0.2) is 0 Å². The lowest BCUT2D eigenvalue weighted by Crippen LogP contribution is -2.03. The Balaban J connectivity index is 3.33. The summed E-state index contributed by atoms with van der Waals surface area (Å²) in [6, 6.07) is 0. The van der Waals surface area contributed by atoms with Gasteiger partial charge in [0.25, 0.3) is 0 Å². The van der Waals surface area contributed by atoms with E-state index in [0.29, 0.717) is 5.92 Å². The fraction of sp³-hybridized carbons (Fsp3) is 0.833. The van der Waals surface area contributed by atoms with Gasteiger partial charge in [0.15, 0.2) is 0 Å². The maximum Gasteiger partial charge on any atom is -0.00380 e. The molecule has 0 aromatic carbocycles. The number of hydrogen-bond acceptors (Lipinski definition) is 2. The molecule has 0 unspecified atom stereocenters. The van der Waals surface area contributed by atoms with Gasteiger partial charge < -0.3 is 0 Å². The van der Waals surface area contributed by atoms with Crippen LogP contribution in [0.5, 0.6) is 0 Å². The molecule has 0 saturated carbocycles. The average molecular weight is 148 g/mol. The highest BCUT2D eigenvalue weighted by Crippen LogP contribution is 2.01. The molecule has 2 heteroatoms. The summed E-state index contributed by atoms with van der Waals surface area (Å²) in [4.78, 5) is 1.14. The van der Waals surface area contributed by atoms with E-state index in [4.69, 9.17) is 12.2 Å². The van der Waals surface area contributed by atoms with Crippen molar-refractivity contribution in [3.05, 3.63) is 0 Å². The lowest BCUT2D eigenvalue weighted by atomic mass is 10.1. The molecule has 0 N–H and O–H groups in total. The van der Waals surface area contributed by atoms with Gasteiger partial charge in [0, 0.05) is 0 Å². The number of hydrogen-bond donors (Lipinski definition) is 1. The highest BCUT2D eigenvalue weighted by molar-refractivity contribution is 7.81. The normalized spacial score (nSPS) is 10.0. The van der Waals surface area contributed by atoms with Crippen molar-refractivity contribution >= 4 is 29.7 Å². The Morgan fingerprint density at radius 2 is 2.12 bits per heavy atom. The highest BCUT2D eigenvalue weighted by Gasteiger charge is 1.98. The second-order valence-electron chi connectivity index (χ2n) is 2.09. The minimum atomic E-state index is 0.553. The fourth-order valence-corrected chi connectivity index (χ4v) is 0.893. The van der Waals surface area contributed by atoms with Crippen molar-refractivity contribution in [3.63, 3.8) is 0 Å². The first-order valence-corrected chi connectivity index (χ1v) is 3.86. The molecule has 8 heavy (non-hydrogen) atoms. The van der Waals surface area contributed by atoms with Crippen LogP contribution < -0.4 is 0 Å². The van der Waals surface area contributed by atoms with Gasteiger partial charge in [0.2, 0.25) is 0 Å². The molecule has 0 radical (unpaired) electrons. The molecule has 0 saturated heterocycles. The molecule has 0 spiro atoms. The zero-order chi connectivity index (χ0) is 6.57. The lowest BCUT2D eigenvalue weighted by Gasteiger charge is -2.02. The summed E-state index contributed by atoms with van der Waals surface area (Å²) < 4.78 is 0. The smallest absolute Gasteiger partial charge is 0.00380 e. The molecule has 0 aliphatic carbocycles. The molecule has 0 rings (SSSR count). The maximum atomic E-state index is 5.03. The third-order valence-electron chi connectivity index (χ3n) is 1.00. The minimum absolute atomic E-state index is 0.553. The molecule has 0 heterocycles. The second kappa shape index (κ2) is 4.33. The lowest BCUT2D eigenvalue weighted by molar-refractivity contribution is 0.880. The molecule has 0 aromatic rings. The molecule has 0 aliphatic heterocycles. The highest BCUT2D eigenvalue weighted by atomic mass is 32.1. The Kier molecular flexibility index (Phi) is 4.57. The number of rotatable bonds is 3. The predicted octanol–water partition coefficient (Wildman–Crippen LogP) is 2.33. The number of thiol groups is 1. The predicted molar refractivity (Wildman–Crippen MR) is 45.9 cm³/mol. The van der Waals surface area contributed by atoms with Crippen LogP contribution in [0, 0.1) is 5.92 Å². The van der Waals surface area contributed by atoms with Crippen molar-refractivity contribution < 1.29 is 0 Å². The van der Waals surface area contributed by atoms with Gasteiger partial charge in [0.1, 0.15) is 0 Å². The summed E-state index contributed by atoms with van der Waals surface area (Å²) in [5.41, 5.74) is 0. The van der Waals surface area contributed by atoms with Crippen molar-refractivity contribution in [3.8, 4) is 0 Å². The van der Waals surface area contributed by atoms with E-state index in [-0.39, 0.29) is 0 Å². The van der Waals surface area contributed by atoms with Crippen molar-refractivity contribution in [2.45, 2.75) is 20.3 Å². The van der Waals surface area contributed by atoms with Crippen LogP contribution in [0.4, 0.5) is 0 Å². The maximum absolute atomic E-state index is 5.03. The Labute approximate surface area is 62.1 Å². The summed E-state index contributed by atoms with van der Waals surface area (Å²) in [5.74, 6) is 1.44. The van der Waals surface area contributed by atoms with Crippen molar-refractivity contribution in [1.82, 2.24) is 0 Å². The topological polar surface area (TPSA) is 0 Å². The van der Waals surface area contributed by atoms with E-state index in [2.05, 4.69) is 26.5 Å². The first-order chi connectivity index (χ1) is 3.68. The van der Waals surface area contributed by atoms with E-state index in [0.717, 1.165) is 17.0 Å². The van der Waals surface area contributed by atoms with Gasteiger partial charge in [-0.2, -0.15) is 12.6 Å². The summed E-state index contributed by atoms with van der Waals surface area (Å²) in [7, 11) is 0. The van der Waals surface area contributed by atoms with Crippen LogP contribution in [0.3, 0.4) is 0 Å². The summed E-state index contributed by atoms with van der Waals surface area (Å²) in [5, 5.41) is 0. The Hall–Kier alpha value is 0.440. The molecule has 0 fully saturated rings. The third kappa shape index (κ3) is 3.44. The van der Waals surface area contributed by atoms with Crippen LogP contribution in [-0.4, -0.2) is 10.6 Å². The first kappa shape index (κ1) is 8.44. The van der Waals surface area contributed by atoms with Gasteiger partial charge in [-0.1, -0.05) is 26.1 Å². The molecule has 0 bridgehead atoms. The van der Waals surface area contributed by atoms with Crippen LogP contribution in [0.25, 0.3) is 0 Å². The molecule has 48 valence electrons. The van der Waals surface area contributed by atoms with E-state index in [9.17, 15) is 0 Å². The largest absolute Gasteiger partial charge is 0.179 e. The van der Waals surface area contributed by atoms with Gasteiger partial charge in [-0.25, -0.2) is 0 Å². The van der Waals surface area contributed by atoms with Crippen molar-refractivity contribution in [2.24, 2.45) is 5.92 Å². The summed E-state index contributed by atoms with van der Waals surface area (Å²) in [6.07, 6.45) is 0.982. The summed E-state index contributed by atoms with van der Waals surface area (Å²) in [6.45, 7) is 4.23. The Morgan fingerprint density at radius 3 is 2.25 bits per heavy atom. The van der Waals surface area contributed by atoms with E-state index < -0.39 is 0 Å². The van der Waals surface area contributed by atoms with Gasteiger partial charge in [-0.15, -0.1) is 0 Å². The first-order valence-electron chi connectivity index (χ1n) is 2.82. The zero-order valence-electron chi connectivity index (χ0n) is 5.35. The molecule has 0 atom stereocenters. The van der Waals surface area contributed by atoms with E-state index in [1.807, 2.05) is 0 Å². The molecule has 0 amide bonds. The van der Waals surface area contributed by atoms with E-state index in [1.165, 1.54) is 0 Å². The van der Waals surface area contributed by atoms with Crippen LogP contribution >= 0.6 is 24.8 Å². The zero-order valence-corrected chi connectivity index (χ0v) is 7.06. The van der Waals surface area contributed by atoms with Gasteiger partial charge in [-0.05, 0) is 23.0 Å². The molecule has 0 nitrogen and oxygen atoms in total. The third-order valence-corrected chi connectivity index (χ3v) is 1.90. The van der Waals surface area contributed by atoms with E-state index in [1.54, 1.807) is 0 Å². The monoisotopic (exact) mass is 148 g/mol. The van der Waals surface area contributed by atoms with E-state index >= 15 is 0 Å². The molecular weight excluding hydrogens is 136 g/mol. The van der Waals surface area contributed by atoms with Gasteiger partial charge >= 0.3 is 0 Å². The molecular formula is C6H12S2. The SMILES string of the molecule is CC(C)C(=S)CCS. The minimum Gasteiger partial charge on any atom is -0.179 e. The Bertz CT molecular complexity index is 76.6. The fourth-order valence-electron chi connectivity index (χ4n) is 0.399. The number of thiocarbonyl (C=S) groups is 1. The van der Waals surface area contributed by atoms with Gasteiger partial charge in [-0.3, -0.25) is 0 Å². The summed E-state index contributed by atoms with van der Waals surface area (Å²) >= 11 is 9.10. The molecule has 0 aromatic heterocycles. The van der Waals surface area contributed by atoms with Crippen LogP contribution in [0.1, 0.15) is 20.3 Å². The van der Waals surface area contributed by atoms with Crippen LogP contribution in [0.2, 0.25) is 0 Å². The molecule has 0 aliphatic rings. The van der Waals surface area contributed by atoms with Crippen molar-refractivity contribution in [1.29, 1.82) is 0 Å². The van der Waals surface area contributed by atoms with Crippen molar-refractivity contribution in [2.75, 3.05) is 5.75 Å². The van der Waals surface area contributed by atoms with Crippen LogP contribution in [-0.2, 0) is 0 Å². The second-order valence-corrected chi connectivity index (χ2v) is 3.07. The van der Waals surface area contributed by atoms with Gasteiger partial charge in [0.05, 0.1) is 0 Å².